The van der Waals surface area contributed by atoms with Crippen LogP contribution in [0.1, 0.15) is 40.2 Å². The zero-order valence-electron chi connectivity index (χ0n) is 22.1. The predicted octanol–water partition coefficient (Wildman–Crippen LogP) is 6.60. The molecule has 0 bridgehead atoms. The lowest BCUT2D eigenvalue weighted by atomic mass is 10.2. The Morgan fingerprint density at radius 1 is 1.05 bits per heavy atom. The number of aryl methyl sites for hydroxylation is 2. The summed E-state index contributed by atoms with van der Waals surface area (Å²) in [7, 11) is 0. The van der Waals surface area contributed by atoms with Crippen molar-refractivity contribution in [3.63, 3.8) is 0 Å². The molecule has 39 heavy (non-hydrogen) atoms. The SMILES string of the molecule is C=CCOc1c(I)cc(/C=N/NC(=O)c2ccc(COc3ccc(-n4c(C)ccc4C)cc3)o2)cc1OCC. The first-order valence-corrected chi connectivity index (χ1v) is 13.5. The third-order valence-corrected chi connectivity index (χ3v) is 6.49. The van der Waals surface area contributed by atoms with Gasteiger partial charge in [0, 0.05) is 17.1 Å². The average molecular weight is 639 g/mol. The Morgan fingerprint density at radius 3 is 2.49 bits per heavy atom. The maximum absolute atomic E-state index is 12.5. The molecule has 4 aromatic rings. The molecule has 202 valence electrons. The molecule has 0 aliphatic carbocycles. The summed E-state index contributed by atoms with van der Waals surface area (Å²) < 4.78 is 25.9. The molecular formula is C30H30IN3O5. The van der Waals surface area contributed by atoms with E-state index < -0.39 is 5.91 Å². The summed E-state index contributed by atoms with van der Waals surface area (Å²) in [6.07, 6.45) is 3.21. The lowest BCUT2D eigenvalue weighted by Gasteiger charge is -2.13. The maximum atomic E-state index is 12.5. The fraction of sp³-hybridized carbons (Fsp3) is 0.200. The van der Waals surface area contributed by atoms with Gasteiger partial charge in [0.05, 0.1) is 16.4 Å². The number of halogens is 1. The van der Waals surface area contributed by atoms with Crippen molar-refractivity contribution in [2.45, 2.75) is 27.4 Å². The van der Waals surface area contributed by atoms with Gasteiger partial charge in [0.15, 0.2) is 17.3 Å². The van der Waals surface area contributed by atoms with Crippen LogP contribution in [0.15, 0.2) is 82.8 Å². The summed E-state index contributed by atoms with van der Waals surface area (Å²) >= 11 is 2.17. The van der Waals surface area contributed by atoms with Crippen molar-refractivity contribution in [2.24, 2.45) is 5.10 Å². The number of benzene rings is 2. The molecule has 1 amide bonds. The highest BCUT2D eigenvalue weighted by Gasteiger charge is 2.13. The quantitative estimate of drug-likeness (QED) is 0.0818. The van der Waals surface area contributed by atoms with Crippen LogP contribution in [0, 0.1) is 17.4 Å². The van der Waals surface area contributed by atoms with Crippen LogP contribution < -0.4 is 19.6 Å². The van der Waals surface area contributed by atoms with E-state index in [4.69, 9.17) is 18.6 Å². The van der Waals surface area contributed by atoms with Gasteiger partial charge in [-0.1, -0.05) is 12.7 Å². The largest absolute Gasteiger partial charge is 0.490 e. The van der Waals surface area contributed by atoms with Crippen molar-refractivity contribution in [1.82, 2.24) is 9.99 Å². The highest BCUT2D eigenvalue weighted by molar-refractivity contribution is 14.1. The number of nitrogens with zero attached hydrogens (tertiary/aromatic N) is 2. The molecule has 0 aliphatic heterocycles. The normalized spacial score (nSPS) is 11.0. The van der Waals surface area contributed by atoms with Crippen molar-refractivity contribution in [1.29, 1.82) is 0 Å². The van der Waals surface area contributed by atoms with Crippen molar-refractivity contribution >= 4 is 34.7 Å². The van der Waals surface area contributed by atoms with Gasteiger partial charge >= 0.3 is 5.91 Å². The molecule has 1 N–H and O–H groups in total. The standard InChI is InChI=1S/C30H30IN3O5/c1-5-15-37-29-26(31)16-22(17-28(29)36-6-2)18-32-33-30(35)27-14-13-25(39-27)19-38-24-11-9-23(10-12-24)34-20(3)7-8-21(34)4/h5,7-14,16-18H,1,6,15,19H2,2-4H3,(H,33,35)/b32-18+. The Kier molecular flexibility index (Phi) is 9.48. The Bertz CT molecular complexity index is 1450. The number of carbonyl (C=O) groups is 1. The van der Waals surface area contributed by atoms with Crippen LogP contribution in [0.25, 0.3) is 5.69 Å². The number of hydrogen-bond donors (Lipinski definition) is 1. The van der Waals surface area contributed by atoms with Gasteiger partial charge in [-0.3, -0.25) is 4.79 Å². The zero-order valence-corrected chi connectivity index (χ0v) is 24.2. The second-order valence-corrected chi connectivity index (χ2v) is 9.72. The molecule has 0 saturated carbocycles. The summed E-state index contributed by atoms with van der Waals surface area (Å²) in [5, 5.41) is 4.06. The minimum Gasteiger partial charge on any atom is -0.490 e. The van der Waals surface area contributed by atoms with E-state index in [2.05, 4.69) is 70.2 Å². The van der Waals surface area contributed by atoms with Crippen molar-refractivity contribution < 1.29 is 23.4 Å². The molecule has 0 unspecified atom stereocenters. The van der Waals surface area contributed by atoms with Gasteiger partial charge in [-0.15, -0.1) is 0 Å². The molecule has 0 saturated heterocycles. The lowest BCUT2D eigenvalue weighted by molar-refractivity contribution is 0.0923. The number of hydrogen-bond acceptors (Lipinski definition) is 6. The molecule has 9 heteroatoms. The van der Waals surface area contributed by atoms with Crippen LogP contribution in [0.5, 0.6) is 17.2 Å². The molecule has 0 radical (unpaired) electrons. The van der Waals surface area contributed by atoms with E-state index in [1.807, 2.05) is 37.3 Å². The number of ether oxygens (including phenoxy) is 3. The number of carbonyl (C=O) groups excluding carboxylic acids is 1. The monoisotopic (exact) mass is 639 g/mol. The topological polar surface area (TPSA) is 87.2 Å². The van der Waals surface area contributed by atoms with E-state index >= 15 is 0 Å². The van der Waals surface area contributed by atoms with Crippen molar-refractivity contribution in [3.8, 4) is 22.9 Å². The number of furan rings is 1. The molecule has 0 fully saturated rings. The maximum Gasteiger partial charge on any atom is 0.307 e. The van der Waals surface area contributed by atoms with Gasteiger partial charge in [-0.05, 0) is 110 Å². The van der Waals surface area contributed by atoms with E-state index in [0.29, 0.717) is 36.2 Å². The first-order valence-electron chi connectivity index (χ1n) is 12.4. The first-order chi connectivity index (χ1) is 18.9. The average Bonchev–Trinajstić information content (AvgIpc) is 3.53. The van der Waals surface area contributed by atoms with Crippen molar-refractivity contribution in [3.05, 3.63) is 105 Å². The van der Waals surface area contributed by atoms with Crippen LogP contribution in [0.3, 0.4) is 0 Å². The molecule has 0 aliphatic rings. The van der Waals surface area contributed by atoms with Gasteiger partial charge in [-0.2, -0.15) is 5.10 Å². The molecule has 0 spiro atoms. The molecule has 2 aromatic carbocycles. The number of hydrazone groups is 1. The molecular weight excluding hydrogens is 609 g/mol. The Hall–Kier alpha value is -3.99. The molecule has 2 aromatic heterocycles. The minimum absolute atomic E-state index is 0.136. The Morgan fingerprint density at radius 2 is 1.79 bits per heavy atom. The van der Waals surface area contributed by atoms with Crippen LogP contribution in [0.4, 0.5) is 0 Å². The first kappa shape index (κ1) is 28.0. The summed E-state index contributed by atoms with van der Waals surface area (Å²) in [6, 6.07) is 19.0. The summed E-state index contributed by atoms with van der Waals surface area (Å²) in [5.41, 5.74) is 6.65. The number of aromatic nitrogens is 1. The van der Waals surface area contributed by atoms with E-state index in [-0.39, 0.29) is 12.4 Å². The third kappa shape index (κ3) is 7.11. The van der Waals surface area contributed by atoms with E-state index in [9.17, 15) is 4.79 Å². The van der Waals surface area contributed by atoms with Gasteiger partial charge in [0.1, 0.15) is 24.7 Å². The predicted molar refractivity (Wildman–Crippen MR) is 159 cm³/mol. The summed E-state index contributed by atoms with van der Waals surface area (Å²) in [5.74, 6) is 2.14. The lowest BCUT2D eigenvalue weighted by Crippen LogP contribution is -2.16. The van der Waals surface area contributed by atoms with Crippen LogP contribution in [-0.4, -0.2) is 29.9 Å². The second kappa shape index (κ2) is 13.2. The van der Waals surface area contributed by atoms with E-state index in [1.165, 1.54) is 17.6 Å². The van der Waals surface area contributed by atoms with Gasteiger partial charge < -0.3 is 23.2 Å². The number of nitrogens with one attached hydrogen (secondary N) is 1. The smallest absolute Gasteiger partial charge is 0.307 e. The molecule has 0 atom stereocenters. The number of rotatable bonds is 12. The fourth-order valence-electron chi connectivity index (χ4n) is 3.93. The Labute approximate surface area is 241 Å². The highest BCUT2D eigenvalue weighted by Crippen LogP contribution is 2.34. The Balaban J connectivity index is 1.33. The zero-order chi connectivity index (χ0) is 27.8. The van der Waals surface area contributed by atoms with Crippen molar-refractivity contribution in [2.75, 3.05) is 13.2 Å². The summed E-state index contributed by atoms with van der Waals surface area (Å²) in [4.78, 5) is 12.5. The number of amides is 1. The molecule has 8 nitrogen and oxygen atoms in total. The minimum atomic E-state index is -0.468. The van der Waals surface area contributed by atoms with Gasteiger partial charge in [0.2, 0.25) is 0 Å². The van der Waals surface area contributed by atoms with E-state index in [1.54, 1.807) is 24.3 Å². The van der Waals surface area contributed by atoms with Crippen LogP contribution >= 0.6 is 22.6 Å². The second-order valence-electron chi connectivity index (χ2n) is 8.56. The molecule has 4 rings (SSSR count). The molecule has 2 heterocycles. The highest BCUT2D eigenvalue weighted by atomic mass is 127. The van der Waals surface area contributed by atoms with Gasteiger partial charge in [-0.25, -0.2) is 5.43 Å². The van der Waals surface area contributed by atoms with Gasteiger partial charge in [0.25, 0.3) is 0 Å². The summed E-state index contributed by atoms with van der Waals surface area (Å²) in [6.45, 7) is 10.8. The fourth-order valence-corrected chi connectivity index (χ4v) is 4.71. The van der Waals surface area contributed by atoms with Crippen LogP contribution in [-0.2, 0) is 6.61 Å². The third-order valence-electron chi connectivity index (χ3n) is 5.69. The van der Waals surface area contributed by atoms with E-state index in [0.717, 1.165) is 14.8 Å². The van der Waals surface area contributed by atoms with Crippen LogP contribution in [0.2, 0.25) is 0 Å².